The van der Waals surface area contributed by atoms with E-state index < -0.39 is 29.8 Å². The standard InChI is InChI=1S/C38H30ClFN6O5.C2HF3O2/c1-49-31-8-4-7-30(40)33(31)35-29-17-23(39)9-12-27(29)34-22(19-42-35)20-43-38(46-34)45-25-11-14-28(32(18-25)50-2)36(47)44-24-10-13-26(37(48)51-3)21(16-24)6-5-15-41;3-2(4,5)1(6)7/h4,7-14,16-18,20H,15,19,41H2,1-3H3,(H,44,47)(H,43,45,46);(H,6,7). The molecule has 2 heterocycles. The van der Waals surface area contributed by atoms with Crippen molar-refractivity contribution in [1.29, 1.82) is 0 Å². The van der Waals surface area contributed by atoms with Gasteiger partial charge >= 0.3 is 18.1 Å². The van der Waals surface area contributed by atoms with Gasteiger partial charge < -0.3 is 35.7 Å². The van der Waals surface area contributed by atoms with Crippen molar-refractivity contribution in [3.63, 3.8) is 0 Å². The Labute approximate surface area is 332 Å². The first-order valence-electron chi connectivity index (χ1n) is 16.7. The number of esters is 1. The normalized spacial score (nSPS) is 11.4. The smallest absolute Gasteiger partial charge is 0.490 e. The molecular weight excluding hydrogens is 788 g/mol. The number of hydrogen-bond acceptors (Lipinski definition) is 11. The van der Waals surface area contributed by atoms with Crippen molar-refractivity contribution < 1.29 is 51.3 Å². The van der Waals surface area contributed by atoms with E-state index in [0.717, 1.165) is 5.56 Å². The van der Waals surface area contributed by atoms with E-state index in [9.17, 15) is 22.8 Å². The Morgan fingerprint density at radius 2 is 1.64 bits per heavy atom. The molecule has 1 amide bonds. The zero-order valence-electron chi connectivity index (χ0n) is 30.6. The molecule has 0 atom stereocenters. The lowest BCUT2D eigenvalue weighted by molar-refractivity contribution is -0.192. The fourth-order valence-electron chi connectivity index (χ4n) is 5.55. The van der Waals surface area contributed by atoms with Crippen molar-refractivity contribution in [2.75, 3.05) is 38.5 Å². The van der Waals surface area contributed by atoms with Gasteiger partial charge in [0, 0.05) is 50.9 Å². The quantitative estimate of drug-likeness (QED) is 0.0715. The third-order valence-corrected chi connectivity index (χ3v) is 8.38. The Hall–Kier alpha value is -7.03. The highest BCUT2D eigenvalue weighted by molar-refractivity contribution is 6.31. The van der Waals surface area contributed by atoms with E-state index in [2.05, 4.69) is 27.5 Å². The van der Waals surface area contributed by atoms with Crippen LogP contribution in [0.25, 0.3) is 11.3 Å². The van der Waals surface area contributed by atoms with Crippen LogP contribution < -0.4 is 25.8 Å². The van der Waals surface area contributed by atoms with Crippen LogP contribution in [0.2, 0.25) is 5.02 Å². The minimum Gasteiger partial charge on any atom is -0.496 e. The highest BCUT2D eigenvalue weighted by atomic mass is 35.5. The predicted molar refractivity (Wildman–Crippen MR) is 206 cm³/mol. The number of alkyl halides is 3. The number of aliphatic carboxylic acids is 1. The van der Waals surface area contributed by atoms with Gasteiger partial charge in [0.1, 0.15) is 17.3 Å². The number of halogens is 5. The zero-order chi connectivity index (χ0) is 42.1. The van der Waals surface area contributed by atoms with Crippen LogP contribution in [0.15, 0.2) is 84.0 Å². The number of carbonyl (C=O) groups excluding carboxylic acids is 2. The van der Waals surface area contributed by atoms with Crippen molar-refractivity contribution in [1.82, 2.24) is 9.97 Å². The third kappa shape index (κ3) is 9.67. The lowest BCUT2D eigenvalue weighted by Gasteiger charge is -2.15. The number of carboxylic acids is 1. The SMILES string of the molecule is COC(=O)c1ccc(NC(=O)c2ccc(Nc3ncc4c(n3)-c3ccc(Cl)cc3C(c3c(F)cccc3OC)=NC4)cc2OC)cc1C#CCN.O=C(O)C(F)(F)F. The van der Waals surface area contributed by atoms with Gasteiger partial charge in [-0.3, -0.25) is 9.79 Å². The number of nitrogens with two attached hydrogens (primary N) is 1. The molecule has 4 aromatic carbocycles. The average molecular weight is 819 g/mol. The van der Waals surface area contributed by atoms with Gasteiger partial charge in [-0.2, -0.15) is 13.2 Å². The summed E-state index contributed by atoms with van der Waals surface area (Å²) in [5, 5.41) is 13.6. The molecule has 58 heavy (non-hydrogen) atoms. The van der Waals surface area contributed by atoms with Gasteiger partial charge in [-0.25, -0.2) is 23.9 Å². The molecule has 0 bridgehead atoms. The van der Waals surface area contributed by atoms with Crippen LogP contribution in [-0.4, -0.2) is 72.7 Å². The molecule has 0 saturated carbocycles. The number of amides is 1. The highest BCUT2D eigenvalue weighted by Crippen LogP contribution is 2.36. The minimum atomic E-state index is -5.08. The van der Waals surface area contributed by atoms with Crippen molar-refractivity contribution in [3.8, 4) is 34.6 Å². The molecule has 298 valence electrons. The largest absolute Gasteiger partial charge is 0.496 e. The number of carbonyl (C=O) groups is 3. The van der Waals surface area contributed by atoms with Gasteiger partial charge in [-0.15, -0.1) is 0 Å². The lowest BCUT2D eigenvalue weighted by atomic mass is 9.94. The molecule has 0 spiro atoms. The van der Waals surface area contributed by atoms with E-state index in [1.54, 1.807) is 60.8 Å². The number of fused-ring (bicyclic) bond motifs is 3. The number of nitrogens with one attached hydrogen (secondary N) is 2. The Kier molecular flexibility index (Phi) is 13.3. The number of aromatic nitrogens is 2. The summed E-state index contributed by atoms with van der Waals surface area (Å²) in [5.41, 5.74) is 10.5. The summed E-state index contributed by atoms with van der Waals surface area (Å²) in [7, 11) is 4.20. The molecule has 13 nitrogen and oxygen atoms in total. The number of ether oxygens (including phenoxy) is 3. The van der Waals surface area contributed by atoms with Crippen molar-refractivity contribution in [2.45, 2.75) is 12.7 Å². The second-order valence-corrected chi connectivity index (χ2v) is 12.2. The molecule has 18 heteroatoms. The number of aliphatic imine (C=N–C) groups is 1. The lowest BCUT2D eigenvalue weighted by Crippen LogP contribution is -2.21. The molecule has 6 rings (SSSR count). The summed E-state index contributed by atoms with van der Waals surface area (Å²) in [6.45, 7) is 0.271. The van der Waals surface area contributed by atoms with Crippen LogP contribution in [0, 0.1) is 17.7 Å². The molecule has 0 unspecified atom stereocenters. The van der Waals surface area contributed by atoms with Gasteiger partial charge in [-0.1, -0.05) is 35.6 Å². The Bertz CT molecular complexity index is 2500. The molecule has 1 aliphatic heterocycles. The van der Waals surface area contributed by atoms with Crippen LogP contribution in [0.4, 0.5) is 34.9 Å². The maximum Gasteiger partial charge on any atom is 0.490 e. The average Bonchev–Trinajstić information content (AvgIpc) is 3.35. The topological polar surface area (TPSA) is 187 Å². The fourth-order valence-corrected chi connectivity index (χ4v) is 5.72. The van der Waals surface area contributed by atoms with Crippen LogP contribution in [0.5, 0.6) is 11.5 Å². The summed E-state index contributed by atoms with van der Waals surface area (Å²) in [5.74, 6) is 2.16. The van der Waals surface area contributed by atoms with Gasteiger partial charge in [0.2, 0.25) is 5.95 Å². The van der Waals surface area contributed by atoms with Gasteiger partial charge in [0.15, 0.2) is 0 Å². The van der Waals surface area contributed by atoms with Gasteiger partial charge in [0.05, 0.1) is 62.5 Å². The summed E-state index contributed by atoms with van der Waals surface area (Å²) in [6.07, 6.45) is -3.43. The van der Waals surface area contributed by atoms with E-state index >= 15 is 4.39 Å². The second-order valence-electron chi connectivity index (χ2n) is 11.8. The fraction of sp³-hybridized carbons (Fsp3) is 0.150. The maximum atomic E-state index is 15.3. The summed E-state index contributed by atoms with van der Waals surface area (Å²) >= 11 is 6.43. The number of anilines is 3. The summed E-state index contributed by atoms with van der Waals surface area (Å²) in [4.78, 5) is 48.5. The van der Waals surface area contributed by atoms with Crippen LogP contribution >= 0.6 is 11.6 Å². The van der Waals surface area contributed by atoms with Crippen LogP contribution in [0.1, 0.15) is 43.0 Å². The van der Waals surface area contributed by atoms with Crippen molar-refractivity contribution in [2.24, 2.45) is 10.7 Å². The van der Waals surface area contributed by atoms with E-state index in [1.807, 2.05) is 6.07 Å². The molecule has 5 N–H and O–H groups in total. The highest BCUT2D eigenvalue weighted by Gasteiger charge is 2.38. The summed E-state index contributed by atoms with van der Waals surface area (Å²) in [6, 6.07) is 19.4. The number of carboxylic acid groups (broad SMARTS) is 1. The number of rotatable bonds is 8. The van der Waals surface area contributed by atoms with Gasteiger partial charge in [0.25, 0.3) is 5.91 Å². The first kappa shape index (κ1) is 42.1. The molecule has 5 aromatic rings. The molecule has 0 radical (unpaired) electrons. The zero-order valence-corrected chi connectivity index (χ0v) is 31.4. The monoisotopic (exact) mass is 818 g/mol. The molecule has 0 saturated heterocycles. The molecule has 0 fully saturated rings. The van der Waals surface area contributed by atoms with E-state index in [1.165, 1.54) is 33.5 Å². The van der Waals surface area contributed by atoms with E-state index in [-0.39, 0.29) is 41.5 Å². The Morgan fingerprint density at radius 1 is 0.931 bits per heavy atom. The van der Waals surface area contributed by atoms with E-state index in [4.69, 9.17) is 51.4 Å². The second kappa shape index (κ2) is 18.3. The predicted octanol–water partition coefficient (Wildman–Crippen LogP) is 7.03. The summed E-state index contributed by atoms with van der Waals surface area (Å²) < 4.78 is 62.9. The third-order valence-electron chi connectivity index (χ3n) is 8.15. The number of methoxy groups -OCH3 is 3. The molecular formula is C40H31ClF4N6O7. The maximum absolute atomic E-state index is 15.3. The number of nitrogens with zero attached hydrogens (tertiary/aromatic N) is 3. The number of hydrogen-bond donors (Lipinski definition) is 4. The van der Waals surface area contributed by atoms with E-state index in [0.29, 0.717) is 50.2 Å². The molecule has 0 aliphatic carbocycles. The molecule has 1 aromatic heterocycles. The molecule has 1 aliphatic rings. The minimum absolute atomic E-state index is 0.0912. The Morgan fingerprint density at radius 3 is 2.31 bits per heavy atom. The van der Waals surface area contributed by atoms with Crippen molar-refractivity contribution >= 4 is 52.5 Å². The first-order chi connectivity index (χ1) is 27.7. The number of benzene rings is 4. The van der Waals surface area contributed by atoms with Crippen molar-refractivity contribution in [3.05, 3.63) is 123 Å². The van der Waals surface area contributed by atoms with Gasteiger partial charge in [-0.05, 0) is 54.6 Å². The van der Waals surface area contributed by atoms with Crippen LogP contribution in [-0.2, 0) is 16.1 Å². The first-order valence-corrected chi connectivity index (χ1v) is 17.1. The Balaban J connectivity index is 0.000000839. The van der Waals surface area contributed by atoms with Crippen LogP contribution in [0.3, 0.4) is 0 Å².